The van der Waals surface area contributed by atoms with Crippen molar-refractivity contribution in [2.75, 3.05) is 26.3 Å². The molecule has 0 spiro atoms. The minimum Gasteiger partial charge on any atom is -0.486 e. The third kappa shape index (κ3) is 5.48. The number of halogens is 2. The monoisotopic (exact) mass is 536 g/mol. The number of morpholine rings is 1. The van der Waals surface area contributed by atoms with Crippen LogP contribution in [-0.2, 0) is 10.4 Å². The molecule has 12 heteroatoms. The van der Waals surface area contributed by atoms with Gasteiger partial charge in [0.25, 0.3) is 0 Å². The number of aliphatic hydroxyl groups is 1. The lowest BCUT2D eigenvalue weighted by Crippen LogP contribution is -2.52. The van der Waals surface area contributed by atoms with Gasteiger partial charge in [0.2, 0.25) is 0 Å². The maximum Gasteiger partial charge on any atom is 0.145 e. The summed E-state index contributed by atoms with van der Waals surface area (Å²) in [7, 11) is 6.14. The van der Waals surface area contributed by atoms with E-state index in [9.17, 15) is 5.11 Å². The molecule has 1 aliphatic heterocycles. The van der Waals surface area contributed by atoms with Gasteiger partial charge in [0.1, 0.15) is 25.3 Å². The van der Waals surface area contributed by atoms with Crippen LogP contribution in [0, 0.1) is 0 Å². The van der Waals surface area contributed by atoms with Gasteiger partial charge in [-0.25, -0.2) is 0 Å². The van der Waals surface area contributed by atoms with E-state index in [1.165, 1.54) is 12.4 Å². The molecule has 2 unspecified atom stereocenters. The van der Waals surface area contributed by atoms with Crippen molar-refractivity contribution in [2.24, 2.45) is 0 Å². The summed E-state index contributed by atoms with van der Waals surface area (Å²) in [4.78, 5) is 5.70. The SMILES string of the molecule is [B]C(O)(c1ccc(/C=C/c2n[nH]c3ccc(OC(C)c4c(Cl)cncc4Cl)cc23)nn1)N1CCOCC1. The Hall–Kier alpha value is -3.02. The van der Waals surface area contributed by atoms with Crippen LogP contribution in [0.3, 0.4) is 0 Å². The summed E-state index contributed by atoms with van der Waals surface area (Å²) in [5, 5.41) is 28.3. The molecule has 1 aromatic carbocycles. The van der Waals surface area contributed by atoms with Crippen LogP contribution in [0.2, 0.25) is 10.0 Å². The van der Waals surface area contributed by atoms with E-state index in [1.807, 2.05) is 31.2 Å². The third-order valence-corrected chi connectivity index (χ3v) is 6.74. The van der Waals surface area contributed by atoms with Gasteiger partial charge in [0.15, 0.2) is 0 Å². The van der Waals surface area contributed by atoms with Crippen LogP contribution in [0.4, 0.5) is 0 Å². The lowest BCUT2D eigenvalue weighted by molar-refractivity contribution is -0.0934. The Morgan fingerprint density at radius 3 is 2.59 bits per heavy atom. The summed E-state index contributed by atoms with van der Waals surface area (Å²) in [5.41, 5.74) is 1.35. The number of hydrogen-bond donors (Lipinski definition) is 2. The number of benzene rings is 1. The molecule has 1 fully saturated rings. The highest BCUT2D eigenvalue weighted by Gasteiger charge is 2.33. The van der Waals surface area contributed by atoms with E-state index in [0.29, 0.717) is 59.0 Å². The van der Waals surface area contributed by atoms with Crippen LogP contribution in [0.15, 0.2) is 42.7 Å². The summed E-state index contributed by atoms with van der Waals surface area (Å²) in [5.74, 6) is 0.634. The molecule has 1 saturated heterocycles. The molecule has 0 saturated carbocycles. The van der Waals surface area contributed by atoms with E-state index in [4.69, 9.17) is 40.5 Å². The zero-order valence-electron chi connectivity index (χ0n) is 19.9. The van der Waals surface area contributed by atoms with Gasteiger partial charge < -0.3 is 14.6 Å². The van der Waals surface area contributed by atoms with Crippen molar-refractivity contribution in [3.8, 4) is 5.75 Å². The fourth-order valence-electron chi connectivity index (χ4n) is 4.14. The summed E-state index contributed by atoms with van der Waals surface area (Å²) in [6.45, 7) is 3.90. The second-order valence-corrected chi connectivity index (χ2v) is 9.41. The topological polar surface area (TPSA) is 109 Å². The highest BCUT2D eigenvalue weighted by Crippen LogP contribution is 2.33. The van der Waals surface area contributed by atoms with Crippen molar-refractivity contribution in [3.63, 3.8) is 0 Å². The van der Waals surface area contributed by atoms with Crippen LogP contribution >= 0.6 is 23.2 Å². The number of nitrogens with one attached hydrogen (secondary N) is 1. The maximum absolute atomic E-state index is 10.8. The van der Waals surface area contributed by atoms with Gasteiger partial charge in [-0.15, -0.1) is 0 Å². The van der Waals surface area contributed by atoms with E-state index in [0.717, 1.165) is 10.9 Å². The Bertz CT molecular complexity index is 1400. The lowest BCUT2D eigenvalue weighted by atomic mass is 9.85. The molecule has 9 nitrogen and oxygen atoms in total. The van der Waals surface area contributed by atoms with Gasteiger partial charge >= 0.3 is 0 Å². The molecule has 0 amide bonds. The van der Waals surface area contributed by atoms with Crippen LogP contribution in [-0.4, -0.2) is 69.5 Å². The van der Waals surface area contributed by atoms with Crippen LogP contribution < -0.4 is 4.74 Å². The van der Waals surface area contributed by atoms with Gasteiger partial charge in [-0.05, 0) is 49.4 Å². The number of ether oxygens (including phenoxy) is 2. The second kappa shape index (κ2) is 10.8. The Kier molecular flexibility index (Phi) is 7.46. The number of pyridine rings is 1. The van der Waals surface area contributed by atoms with E-state index in [2.05, 4.69) is 25.4 Å². The number of H-pyrrole nitrogens is 1. The first-order valence-electron chi connectivity index (χ1n) is 11.6. The first-order chi connectivity index (χ1) is 17.8. The third-order valence-electron chi connectivity index (χ3n) is 6.14. The van der Waals surface area contributed by atoms with Crippen molar-refractivity contribution in [1.29, 1.82) is 0 Å². The van der Waals surface area contributed by atoms with Crippen molar-refractivity contribution in [1.82, 2.24) is 30.3 Å². The fourth-order valence-corrected chi connectivity index (χ4v) is 4.82. The Morgan fingerprint density at radius 1 is 1.14 bits per heavy atom. The standard InChI is InChI=1S/C25H23BCl2N6O3/c1-15(24-19(27)13-29-14-20(24)28)37-17-4-6-22-18(12-17)21(31-32-22)5-2-16-3-7-23(33-30-16)25(26,35)34-8-10-36-11-9-34/h2-7,12-15,35H,8-11H2,1H3,(H,31,32)/b5-2+. The number of aromatic nitrogens is 5. The molecule has 5 rings (SSSR count). The number of hydrogen-bond acceptors (Lipinski definition) is 8. The van der Waals surface area contributed by atoms with Crippen molar-refractivity contribution < 1.29 is 14.6 Å². The minimum absolute atomic E-state index is 0.266. The molecule has 2 radical (unpaired) electrons. The van der Waals surface area contributed by atoms with Gasteiger partial charge in [-0.3, -0.25) is 15.0 Å². The molecular formula is C25H23BCl2N6O3. The van der Waals surface area contributed by atoms with Crippen LogP contribution in [0.1, 0.15) is 35.7 Å². The zero-order valence-corrected chi connectivity index (χ0v) is 21.4. The molecule has 2 atom stereocenters. The average Bonchev–Trinajstić information content (AvgIpc) is 3.30. The minimum atomic E-state index is -1.71. The summed E-state index contributed by atoms with van der Waals surface area (Å²) in [6, 6.07) is 9.03. The molecule has 2 N–H and O–H groups in total. The molecule has 0 bridgehead atoms. The molecule has 188 valence electrons. The molecule has 0 aliphatic carbocycles. The molecule has 4 aromatic rings. The quantitative estimate of drug-likeness (QED) is 0.341. The number of rotatable bonds is 7. The van der Waals surface area contributed by atoms with E-state index in [-0.39, 0.29) is 5.69 Å². The molecule has 4 heterocycles. The predicted octanol–water partition coefficient (Wildman–Crippen LogP) is 3.97. The predicted molar refractivity (Wildman–Crippen MR) is 142 cm³/mol. The van der Waals surface area contributed by atoms with E-state index >= 15 is 0 Å². The van der Waals surface area contributed by atoms with Crippen LogP contribution in [0.5, 0.6) is 5.75 Å². The Labute approximate surface area is 224 Å². The Morgan fingerprint density at radius 2 is 1.89 bits per heavy atom. The summed E-state index contributed by atoms with van der Waals surface area (Å²) < 4.78 is 11.4. The first kappa shape index (κ1) is 25.6. The summed E-state index contributed by atoms with van der Waals surface area (Å²) >= 11 is 12.6. The van der Waals surface area contributed by atoms with Gasteiger partial charge in [0.05, 0.1) is 45.9 Å². The average molecular weight is 537 g/mol. The fraction of sp³-hybridized carbons (Fsp3) is 0.280. The highest BCUT2D eigenvalue weighted by atomic mass is 35.5. The van der Waals surface area contributed by atoms with Gasteiger partial charge in [-0.2, -0.15) is 15.3 Å². The first-order valence-corrected chi connectivity index (χ1v) is 12.4. The maximum atomic E-state index is 10.8. The zero-order chi connectivity index (χ0) is 26.0. The van der Waals surface area contributed by atoms with Gasteiger partial charge in [0, 0.05) is 36.4 Å². The normalized spacial score (nSPS) is 17.2. The summed E-state index contributed by atoms with van der Waals surface area (Å²) in [6.07, 6.45) is 6.29. The lowest BCUT2D eigenvalue weighted by Gasteiger charge is -2.39. The smallest absolute Gasteiger partial charge is 0.145 e. The molecule has 37 heavy (non-hydrogen) atoms. The number of fused-ring (bicyclic) bond motifs is 1. The number of aromatic amines is 1. The van der Waals surface area contributed by atoms with Crippen molar-refractivity contribution >= 4 is 54.1 Å². The largest absolute Gasteiger partial charge is 0.486 e. The molecular weight excluding hydrogens is 514 g/mol. The van der Waals surface area contributed by atoms with E-state index in [1.54, 1.807) is 23.1 Å². The second-order valence-electron chi connectivity index (χ2n) is 8.60. The van der Waals surface area contributed by atoms with Crippen LogP contribution in [0.25, 0.3) is 23.1 Å². The highest BCUT2D eigenvalue weighted by molar-refractivity contribution is 6.35. The number of nitrogens with zero attached hydrogens (tertiary/aromatic N) is 5. The van der Waals surface area contributed by atoms with Gasteiger partial charge in [-0.1, -0.05) is 23.2 Å². The van der Waals surface area contributed by atoms with Crippen molar-refractivity contribution in [2.45, 2.75) is 18.7 Å². The molecule has 1 aliphatic rings. The van der Waals surface area contributed by atoms with Crippen molar-refractivity contribution in [3.05, 3.63) is 75.4 Å². The Balaban J connectivity index is 1.33. The van der Waals surface area contributed by atoms with E-state index < -0.39 is 11.7 Å². The molecule has 3 aromatic heterocycles.